The van der Waals surface area contributed by atoms with Gasteiger partial charge in [0.25, 0.3) is 11.1 Å². The quantitative estimate of drug-likeness (QED) is 0.611. The van der Waals surface area contributed by atoms with Crippen molar-refractivity contribution in [3.8, 4) is 11.1 Å². The Morgan fingerprint density at radius 1 is 1.10 bits per heavy atom. The third kappa shape index (κ3) is 3.89. The second-order valence-electron chi connectivity index (χ2n) is 7.22. The lowest BCUT2D eigenvalue weighted by molar-refractivity contribution is -0.115. The highest BCUT2D eigenvalue weighted by atomic mass is 32.2. The van der Waals surface area contributed by atoms with Crippen molar-refractivity contribution >= 4 is 45.7 Å². The van der Waals surface area contributed by atoms with Crippen molar-refractivity contribution in [1.82, 2.24) is 20.6 Å². The molecular formula is C22H18FN5O2S. The number of thioether (sulfide) groups is 1. The maximum absolute atomic E-state index is 15.0. The Morgan fingerprint density at radius 2 is 1.94 bits per heavy atom. The fourth-order valence-corrected chi connectivity index (χ4v) is 4.41. The predicted octanol–water partition coefficient (Wildman–Crippen LogP) is 3.17. The van der Waals surface area contributed by atoms with Crippen LogP contribution >= 0.6 is 11.8 Å². The maximum atomic E-state index is 15.0. The summed E-state index contributed by atoms with van der Waals surface area (Å²) in [6, 6.07) is 10.5. The molecule has 5 rings (SSSR count). The Kier molecular flexibility index (Phi) is 5.13. The molecule has 2 N–H and O–H groups in total. The van der Waals surface area contributed by atoms with Crippen molar-refractivity contribution in [2.45, 2.75) is 0 Å². The van der Waals surface area contributed by atoms with Crippen LogP contribution in [0, 0.1) is 5.82 Å². The molecule has 0 bridgehead atoms. The minimum Gasteiger partial charge on any atom is -0.367 e. The molecule has 2 amide bonds. The molecule has 2 aliphatic rings. The van der Waals surface area contributed by atoms with Crippen LogP contribution in [0.3, 0.4) is 0 Å². The summed E-state index contributed by atoms with van der Waals surface area (Å²) < 4.78 is 15.0. The predicted molar refractivity (Wildman–Crippen MR) is 119 cm³/mol. The van der Waals surface area contributed by atoms with E-state index in [1.165, 1.54) is 6.07 Å². The van der Waals surface area contributed by atoms with Gasteiger partial charge in [-0.2, -0.15) is 0 Å². The van der Waals surface area contributed by atoms with Crippen molar-refractivity contribution in [3.63, 3.8) is 0 Å². The number of rotatable bonds is 3. The van der Waals surface area contributed by atoms with E-state index in [9.17, 15) is 14.0 Å². The van der Waals surface area contributed by atoms with Gasteiger partial charge in [-0.05, 0) is 53.7 Å². The maximum Gasteiger partial charge on any atom is 0.290 e. The molecule has 9 heteroatoms. The second kappa shape index (κ2) is 8.09. The average Bonchev–Trinajstić information content (AvgIpc) is 3.10. The van der Waals surface area contributed by atoms with Gasteiger partial charge in [0.2, 0.25) is 0 Å². The fourth-order valence-electron chi connectivity index (χ4n) is 3.75. The summed E-state index contributed by atoms with van der Waals surface area (Å²) in [5, 5.41) is 5.09. The molecule has 0 aliphatic carbocycles. The summed E-state index contributed by atoms with van der Waals surface area (Å²) in [6.07, 6.45) is 3.23. The van der Waals surface area contributed by atoms with Gasteiger partial charge >= 0.3 is 0 Å². The lowest BCUT2D eigenvalue weighted by atomic mass is 10.0. The number of halogens is 1. The first-order valence-electron chi connectivity index (χ1n) is 9.85. The van der Waals surface area contributed by atoms with E-state index in [1.807, 2.05) is 11.0 Å². The van der Waals surface area contributed by atoms with Crippen molar-refractivity contribution in [1.29, 1.82) is 0 Å². The summed E-state index contributed by atoms with van der Waals surface area (Å²) in [5.74, 6) is -0.714. The van der Waals surface area contributed by atoms with Crippen LogP contribution in [-0.2, 0) is 4.79 Å². The Bertz CT molecular complexity index is 1240. The van der Waals surface area contributed by atoms with E-state index in [0.29, 0.717) is 28.0 Å². The molecule has 3 aromatic rings. The van der Waals surface area contributed by atoms with E-state index in [1.54, 1.807) is 36.5 Å². The van der Waals surface area contributed by atoms with Gasteiger partial charge in [-0.15, -0.1) is 0 Å². The van der Waals surface area contributed by atoms with E-state index in [-0.39, 0.29) is 10.7 Å². The molecular weight excluding hydrogens is 417 g/mol. The second-order valence-corrected chi connectivity index (χ2v) is 8.23. The summed E-state index contributed by atoms with van der Waals surface area (Å²) in [4.78, 5) is 34.5. The number of nitrogens with zero attached hydrogens (tertiary/aromatic N) is 3. The summed E-state index contributed by atoms with van der Waals surface area (Å²) in [5.41, 5.74) is 3.81. The molecule has 4 heterocycles. The van der Waals surface area contributed by atoms with Crippen LogP contribution in [0.1, 0.15) is 5.69 Å². The SMILES string of the molecule is O=C1NC(=O)C(=Cc2ccc3nccc(-c4ccc(N5CCNCC5)c(F)c4)c3n2)S1. The van der Waals surface area contributed by atoms with Gasteiger partial charge in [0, 0.05) is 37.9 Å². The molecule has 0 spiro atoms. The molecule has 31 heavy (non-hydrogen) atoms. The van der Waals surface area contributed by atoms with E-state index in [4.69, 9.17) is 0 Å². The van der Waals surface area contributed by atoms with Crippen LogP contribution in [0.5, 0.6) is 0 Å². The monoisotopic (exact) mass is 435 g/mol. The fraction of sp³-hybridized carbons (Fsp3) is 0.182. The largest absolute Gasteiger partial charge is 0.367 e. The number of nitrogens with one attached hydrogen (secondary N) is 2. The first kappa shape index (κ1) is 19.7. The molecule has 156 valence electrons. The molecule has 2 saturated heterocycles. The molecule has 0 saturated carbocycles. The zero-order valence-corrected chi connectivity index (χ0v) is 17.2. The van der Waals surface area contributed by atoms with Crippen molar-refractivity contribution in [3.05, 3.63) is 59.0 Å². The van der Waals surface area contributed by atoms with Crippen molar-refractivity contribution in [2.75, 3.05) is 31.1 Å². The van der Waals surface area contributed by atoms with Crippen LogP contribution in [0.4, 0.5) is 14.9 Å². The van der Waals surface area contributed by atoms with Crippen LogP contribution in [0.15, 0.2) is 47.5 Å². The average molecular weight is 435 g/mol. The molecule has 2 aromatic heterocycles. The number of carbonyl (C=O) groups is 2. The Balaban J connectivity index is 1.54. The van der Waals surface area contributed by atoms with E-state index >= 15 is 0 Å². The molecule has 0 unspecified atom stereocenters. The number of pyridine rings is 2. The van der Waals surface area contributed by atoms with Crippen molar-refractivity contribution < 1.29 is 14.0 Å². The Morgan fingerprint density at radius 3 is 2.68 bits per heavy atom. The summed E-state index contributed by atoms with van der Waals surface area (Å²) in [7, 11) is 0. The number of anilines is 1. The third-order valence-electron chi connectivity index (χ3n) is 5.24. The van der Waals surface area contributed by atoms with E-state index in [2.05, 4.69) is 20.6 Å². The molecule has 7 nitrogen and oxygen atoms in total. The first-order chi connectivity index (χ1) is 15.1. The lowest BCUT2D eigenvalue weighted by Crippen LogP contribution is -2.43. The minimum absolute atomic E-state index is 0.278. The molecule has 2 fully saturated rings. The van der Waals surface area contributed by atoms with Gasteiger partial charge in [0.1, 0.15) is 5.82 Å². The number of fused-ring (bicyclic) bond motifs is 1. The Hall–Kier alpha value is -3.30. The topological polar surface area (TPSA) is 87.2 Å². The number of aromatic nitrogens is 2. The molecule has 2 aliphatic heterocycles. The van der Waals surface area contributed by atoms with Gasteiger partial charge in [-0.25, -0.2) is 9.37 Å². The van der Waals surface area contributed by atoms with E-state index < -0.39 is 11.1 Å². The molecule has 0 atom stereocenters. The molecule has 1 aromatic carbocycles. The Labute approximate surface area is 181 Å². The van der Waals surface area contributed by atoms with Gasteiger partial charge in [0.15, 0.2) is 0 Å². The summed E-state index contributed by atoms with van der Waals surface area (Å²) in [6.45, 7) is 3.20. The minimum atomic E-state index is -0.436. The van der Waals surface area contributed by atoms with Gasteiger partial charge in [0.05, 0.1) is 27.3 Å². The number of hydrogen-bond donors (Lipinski definition) is 2. The highest BCUT2D eigenvalue weighted by molar-refractivity contribution is 8.18. The zero-order valence-electron chi connectivity index (χ0n) is 16.4. The number of piperazine rings is 1. The van der Waals surface area contributed by atoms with E-state index in [0.717, 1.165) is 43.5 Å². The van der Waals surface area contributed by atoms with Gasteiger partial charge in [-0.1, -0.05) is 6.07 Å². The van der Waals surface area contributed by atoms with Crippen molar-refractivity contribution in [2.24, 2.45) is 0 Å². The zero-order chi connectivity index (χ0) is 21.4. The van der Waals surface area contributed by atoms with Crippen LogP contribution < -0.4 is 15.5 Å². The first-order valence-corrected chi connectivity index (χ1v) is 10.7. The number of amides is 2. The smallest absolute Gasteiger partial charge is 0.290 e. The normalized spacial score (nSPS) is 18.1. The third-order valence-corrected chi connectivity index (χ3v) is 6.05. The number of hydrogen-bond acceptors (Lipinski definition) is 7. The van der Waals surface area contributed by atoms with Crippen LogP contribution in [-0.4, -0.2) is 47.3 Å². The van der Waals surface area contributed by atoms with Gasteiger partial charge in [-0.3, -0.25) is 19.9 Å². The standard InChI is InChI=1S/C22H18FN5O2S/c23-16-11-13(1-4-18(16)28-9-7-24-8-10-28)15-5-6-25-17-3-2-14(26-20(15)17)12-19-21(29)27-22(30)31-19/h1-6,11-12,24H,7-10H2,(H,27,29,30). The van der Waals surface area contributed by atoms with Gasteiger partial charge < -0.3 is 10.2 Å². The highest BCUT2D eigenvalue weighted by Crippen LogP contribution is 2.31. The lowest BCUT2D eigenvalue weighted by Gasteiger charge is -2.29. The number of carbonyl (C=O) groups excluding carboxylic acids is 2. The summed E-state index contributed by atoms with van der Waals surface area (Å²) >= 11 is 0.839. The number of benzene rings is 1. The van der Waals surface area contributed by atoms with Crippen LogP contribution in [0.2, 0.25) is 0 Å². The van der Waals surface area contributed by atoms with Crippen LogP contribution in [0.25, 0.3) is 28.2 Å². The molecule has 0 radical (unpaired) electrons. The highest BCUT2D eigenvalue weighted by Gasteiger charge is 2.25. The number of imide groups is 1.